The van der Waals surface area contributed by atoms with Crippen LogP contribution in [0, 0.1) is 12.7 Å². The van der Waals surface area contributed by atoms with Gasteiger partial charge < -0.3 is 14.5 Å². The second-order valence-electron chi connectivity index (χ2n) is 8.31. The molecule has 8 nitrogen and oxygen atoms in total. The molecular weight excluding hydrogens is 457 g/mol. The van der Waals surface area contributed by atoms with Crippen molar-refractivity contribution in [3.05, 3.63) is 65.3 Å². The average Bonchev–Trinajstić information content (AvgIpc) is 3.45. The summed E-state index contributed by atoms with van der Waals surface area (Å²) in [5.41, 5.74) is 3.36. The highest BCUT2D eigenvalue weighted by Crippen LogP contribution is 2.22. The van der Waals surface area contributed by atoms with Gasteiger partial charge in [0.25, 0.3) is 0 Å². The number of aromatic nitrogens is 3. The van der Waals surface area contributed by atoms with Crippen molar-refractivity contribution in [3.63, 3.8) is 0 Å². The molecular formula is C24H24FN5O3S. The first-order valence-corrected chi connectivity index (χ1v) is 11.8. The third-order valence-electron chi connectivity index (χ3n) is 5.78. The molecule has 4 aromatic rings. The number of nitrogens with one attached hydrogen (secondary N) is 1. The standard InChI is InChI=1S/C24H24FN5O3S/c1-15-21(27-24(33-15)17-3-5-18(25)6-4-17)11-23(31)26-12-19-14-30(8-9-32-19)13-16-2-7-20-22(10-16)34-29-28-20/h2-7,10,19H,8-9,11-14H2,1H3,(H,26,31)/t19-/m0/s1. The lowest BCUT2D eigenvalue weighted by atomic mass is 10.1. The van der Waals surface area contributed by atoms with E-state index < -0.39 is 0 Å². The number of hydrogen-bond acceptors (Lipinski definition) is 8. The van der Waals surface area contributed by atoms with Crippen molar-refractivity contribution >= 4 is 27.7 Å². The summed E-state index contributed by atoms with van der Waals surface area (Å²) in [7, 11) is 0. The normalized spacial score (nSPS) is 16.7. The average molecular weight is 482 g/mol. The van der Waals surface area contributed by atoms with Crippen LogP contribution in [0.3, 0.4) is 0 Å². The fourth-order valence-electron chi connectivity index (χ4n) is 3.98. The quantitative estimate of drug-likeness (QED) is 0.433. The minimum atomic E-state index is -0.326. The van der Waals surface area contributed by atoms with Crippen LogP contribution in [0.5, 0.6) is 0 Å². The SMILES string of the molecule is Cc1oc(-c2ccc(F)cc2)nc1CC(=O)NC[C@H]1CN(Cc2ccc3nnsc3c2)CCO1. The van der Waals surface area contributed by atoms with E-state index in [0.717, 1.165) is 29.9 Å². The van der Waals surface area contributed by atoms with E-state index in [9.17, 15) is 9.18 Å². The Morgan fingerprint density at radius 3 is 2.97 bits per heavy atom. The van der Waals surface area contributed by atoms with Crippen molar-refractivity contribution in [2.45, 2.75) is 26.0 Å². The molecule has 2 aromatic heterocycles. The number of morpholine rings is 1. The van der Waals surface area contributed by atoms with Gasteiger partial charge in [-0.25, -0.2) is 9.37 Å². The Hall–Kier alpha value is -3.21. The minimum absolute atomic E-state index is 0.0836. The van der Waals surface area contributed by atoms with E-state index in [-0.39, 0.29) is 24.2 Å². The molecule has 0 saturated carbocycles. The third kappa shape index (κ3) is 5.30. The molecule has 0 bridgehead atoms. The van der Waals surface area contributed by atoms with Gasteiger partial charge in [-0.3, -0.25) is 9.69 Å². The molecule has 0 aliphatic carbocycles. The first-order valence-electron chi connectivity index (χ1n) is 11.1. The molecule has 0 unspecified atom stereocenters. The predicted molar refractivity (Wildman–Crippen MR) is 126 cm³/mol. The summed E-state index contributed by atoms with van der Waals surface area (Å²) in [5.74, 6) is 0.473. The molecule has 1 amide bonds. The van der Waals surface area contributed by atoms with Crippen LogP contribution < -0.4 is 5.32 Å². The monoisotopic (exact) mass is 481 g/mol. The number of carbonyl (C=O) groups is 1. The second kappa shape index (κ2) is 9.96. The van der Waals surface area contributed by atoms with Crippen LogP contribution in [0.1, 0.15) is 17.0 Å². The van der Waals surface area contributed by atoms with Gasteiger partial charge in [0.2, 0.25) is 11.8 Å². The van der Waals surface area contributed by atoms with Gasteiger partial charge >= 0.3 is 0 Å². The van der Waals surface area contributed by atoms with Gasteiger partial charge in [0.05, 0.1) is 29.5 Å². The lowest BCUT2D eigenvalue weighted by molar-refractivity contribution is -0.121. The van der Waals surface area contributed by atoms with E-state index in [4.69, 9.17) is 9.15 Å². The maximum atomic E-state index is 13.2. The van der Waals surface area contributed by atoms with E-state index in [1.54, 1.807) is 19.1 Å². The number of carbonyl (C=O) groups excluding carboxylic acids is 1. The van der Waals surface area contributed by atoms with Crippen LogP contribution in [0.25, 0.3) is 21.7 Å². The second-order valence-corrected chi connectivity index (χ2v) is 9.10. The molecule has 1 aliphatic rings. The highest BCUT2D eigenvalue weighted by atomic mass is 32.1. The van der Waals surface area contributed by atoms with Gasteiger partial charge in [0.15, 0.2) is 0 Å². The molecule has 1 aliphatic heterocycles. The van der Waals surface area contributed by atoms with Gasteiger partial charge in [-0.2, -0.15) is 0 Å². The minimum Gasteiger partial charge on any atom is -0.441 e. The molecule has 10 heteroatoms. The Bertz CT molecular complexity index is 1290. The van der Waals surface area contributed by atoms with E-state index in [0.29, 0.717) is 36.1 Å². The fourth-order valence-corrected chi connectivity index (χ4v) is 4.60. The Kier molecular flexibility index (Phi) is 6.61. The molecule has 34 heavy (non-hydrogen) atoms. The van der Waals surface area contributed by atoms with Crippen LogP contribution in [0.2, 0.25) is 0 Å². The van der Waals surface area contributed by atoms with Crippen molar-refractivity contribution < 1.29 is 18.3 Å². The number of rotatable bonds is 7. The van der Waals surface area contributed by atoms with Gasteiger partial charge in [-0.05, 0) is 60.4 Å². The summed E-state index contributed by atoms with van der Waals surface area (Å²) < 4.78 is 29.8. The summed E-state index contributed by atoms with van der Waals surface area (Å²) in [6, 6.07) is 12.1. The van der Waals surface area contributed by atoms with E-state index in [1.807, 2.05) is 6.07 Å². The summed E-state index contributed by atoms with van der Waals surface area (Å²) in [6.45, 7) is 5.20. The number of oxazole rings is 1. The number of nitrogens with zero attached hydrogens (tertiary/aromatic N) is 4. The zero-order valence-electron chi connectivity index (χ0n) is 18.7. The Labute approximate surface area is 199 Å². The van der Waals surface area contributed by atoms with Gasteiger partial charge in [0, 0.05) is 31.7 Å². The number of hydrogen-bond donors (Lipinski definition) is 1. The molecule has 1 fully saturated rings. The van der Waals surface area contributed by atoms with Gasteiger partial charge in [-0.1, -0.05) is 10.6 Å². The Balaban J connectivity index is 1.13. The third-order valence-corrected chi connectivity index (χ3v) is 6.47. The first kappa shape index (κ1) is 22.6. The van der Waals surface area contributed by atoms with Crippen molar-refractivity contribution in [1.29, 1.82) is 0 Å². The smallest absolute Gasteiger partial charge is 0.226 e. The van der Waals surface area contributed by atoms with Crippen LogP contribution in [-0.2, 0) is 22.5 Å². The summed E-state index contributed by atoms with van der Waals surface area (Å²) >= 11 is 1.40. The summed E-state index contributed by atoms with van der Waals surface area (Å²) in [6.07, 6.45) is 0.0234. The predicted octanol–water partition coefficient (Wildman–Crippen LogP) is 3.35. The number of fused-ring (bicyclic) bond motifs is 1. The van der Waals surface area contributed by atoms with Crippen LogP contribution in [-0.4, -0.2) is 57.7 Å². The number of ether oxygens (including phenoxy) is 1. The molecule has 0 spiro atoms. The van der Waals surface area contributed by atoms with Crippen LogP contribution in [0.4, 0.5) is 4.39 Å². The fraction of sp³-hybridized carbons (Fsp3) is 0.333. The lowest BCUT2D eigenvalue weighted by Gasteiger charge is -2.33. The highest BCUT2D eigenvalue weighted by Gasteiger charge is 2.22. The van der Waals surface area contributed by atoms with Gasteiger partial charge in [0.1, 0.15) is 17.1 Å². The summed E-state index contributed by atoms with van der Waals surface area (Å²) in [4.78, 5) is 19.3. The molecule has 176 valence electrons. The van der Waals surface area contributed by atoms with Crippen molar-refractivity contribution in [2.75, 3.05) is 26.2 Å². The number of aryl methyl sites for hydroxylation is 1. The number of benzene rings is 2. The topological polar surface area (TPSA) is 93.4 Å². The largest absolute Gasteiger partial charge is 0.441 e. The zero-order chi connectivity index (χ0) is 23.5. The molecule has 1 atom stereocenters. The number of amides is 1. The zero-order valence-corrected chi connectivity index (χ0v) is 19.5. The first-order chi connectivity index (χ1) is 16.5. The van der Waals surface area contributed by atoms with E-state index in [2.05, 4.69) is 36.9 Å². The maximum absolute atomic E-state index is 13.2. The van der Waals surface area contributed by atoms with Crippen molar-refractivity contribution in [1.82, 2.24) is 24.8 Å². The molecule has 1 N–H and O–H groups in total. The molecule has 0 radical (unpaired) electrons. The maximum Gasteiger partial charge on any atom is 0.226 e. The van der Waals surface area contributed by atoms with Crippen molar-refractivity contribution in [3.8, 4) is 11.5 Å². The van der Waals surface area contributed by atoms with Gasteiger partial charge in [-0.15, -0.1) is 5.10 Å². The lowest BCUT2D eigenvalue weighted by Crippen LogP contribution is -2.47. The van der Waals surface area contributed by atoms with Crippen LogP contribution in [0.15, 0.2) is 46.9 Å². The molecule has 5 rings (SSSR count). The summed E-state index contributed by atoms with van der Waals surface area (Å²) in [5, 5.41) is 7.04. The van der Waals surface area contributed by atoms with Crippen molar-refractivity contribution in [2.24, 2.45) is 0 Å². The molecule has 2 aromatic carbocycles. The molecule has 3 heterocycles. The van der Waals surface area contributed by atoms with E-state index >= 15 is 0 Å². The number of halogens is 1. The Morgan fingerprint density at radius 1 is 1.26 bits per heavy atom. The molecule has 1 saturated heterocycles. The Morgan fingerprint density at radius 2 is 2.12 bits per heavy atom. The van der Waals surface area contributed by atoms with E-state index in [1.165, 1.54) is 29.2 Å². The van der Waals surface area contributed by atoms with Crippen LogP contribution >= 0.6 is 11.5 Å². The highest BCUT2D eigenvalue weighted by molar-refractivity contribution is 7.12.